The van der Waals surface area contributed by atoms with Crippen LogP contribution in [0.4, 0.5) is 4.79 Å². The first-order valence-corrected chi connectivity index (χ1v) is 4.86. The molecule has 0 spiro atoms. The van der Waals surface area contributed by atoms with E-state index in [4.69, 9.17) is 16.3 Å². The molecule has 16 heavy (non-hydrogen) atoms. The number of hydrazine groups is 1. The van der Waals surface area contributed by atoms with E-state index in [-0.39, 0.29) is 6.61 Å². The van der Waals surface area contributed by atoms with Crippen molar-refractivity contribution in [1.82, 2.24) is 10.7 Å². The molecule has 0 radical (unpaired) electrons. The van der Waals surface area contributed by atoms with Gasteiger partial charge in [-0.2, -0.15) is 0 Å². The number of aliphatic imine (C=N–C) groups is 1. The molecule has 0 heterocycles. The van der Waals surface area contributed by atoms with Crippen LogP contribution in [0.2, 0.25) is 0 Å². The molecular formula is C8H19N5O3. The van der Waals surface area contributed by atoms with Crippen LogP contribution in [-0.2, 0) is 9.47 Å². The number of nitrogens with two attached hydrogens (primary N) is 2. The summed E-state index contributed by atoms with van der Waals surface area (Å²) >= 11 is 0. The normalized spacial score (nSPS) is 11.0. The Morgan fingerprint density at radius 1 is 1.44 bits per heavy atom. The highest BCUT2D eigenvalue weighted by Crippen LogP contribution is 1.82. The number of carbonyl (C=O) groups is 1. The third-order valence-corrected chi connectivity index (χ3v) is 1.55. The van der Waals surface area contributed by atoms with Crippen molar-refractivity contribution < 1.29 is 14.3 Å². The second-order valence-corrected chi connectivity index (χ2v) is 2.82. The number of primary amides is 1. The van der Waals surface area contributed by atoms with E-state index >= 15 is 0 Å². The molecule has 0 unspecified atom stereocenters. The minimum absolute atomic E-state index is 0.161. The molecule has 94 valence electrons. The zero-order valence-electron chi connectivity index (χ0n) is 9.36. The Hall–Kier alpha value is -1.54. The quantitative estimate of drug-likeness (QED) is 0.140. The van der Waals surface area contributed by atoms with Gasteiger partial charge >= 0.3 is 6.09 Å². The van der Waals surface area contributed by atoms with Crippen molar-refractivity contribution in [3.05, 3.63) is 0 Å². The Labute approximate surface area is 94.3 Å². The van der Waals surface area contributed by atoms with Gasteiger partial charge in [-0.1, -0.05) is 0 Å². The van der Waals surface area contributed by atoms with Crippen LogP contribution in [0.5, 0.6) is 0 Å². The molecular weight excluding hydrogens is 214 g/mol. The first-order valence-electron chi connectivity index (χ1n) is 4.86. The highest BCUT2D eigenvalue weighted by molar-refractivity contribution is 5.79. The molecule has 0 aliphatic carbocycles. The van der Waals surface area contributed by atoms with Gasteiger partial charge in [0.1, 0.15) is 6.61 Å². The average molecular weight is 233 g/mol. The van der Waals surface area contributed by atoms with Crippen molar-refractivity contribution in [3.63, 3.8) is 0 Å². The maximum atomic E-state index is 10.2. The van der Waals surface area contributed by atoms with Gasteiger partial charge in [0.05, 0.1) is 6.54 Å². The van der Waals surface area contributed by atoms with Crippen LogP contribution >= 0.6 is 0 Å². The van der Waals surface area contributed by atoms with Crippen LogP contribution < -0.4 is 22.3 Å². The molecule has 0 aromatic carbocycles. The van der Waals surface area contributed by atoms with E-state index < -0.39 is 6.09 Å². The maximum absolute atomic E-state index is 10.2. The first kappa shape index (κ1) is 14.5. The number of hydrogen-bond acceptors (Lipinski definition) is 5. The lowest BCUT2D eigenvalue weighted by atomic mass is 10.5. The van der Waals surface area contributed by atoms with Gasteiger partial charge in [0, 0.05) is 20.3 Å². The van der Waals surface area contributed by atoms with E-state index in [2.05, 4.69) is 20.5 Å². The van der Waals surface area contributed by atoms with Gasteiger partial charge in [0.25, 0.3) is 0 Å². The summed E-state index contributed by atoms with van der Waals surface area (Å²) in [6, 6.07) is 0. The highest BCUT2D eigenvalue weighted by atomic mass is 16.5. The molecule has 0 aromatic rings. The van der Waals surface area contributed by atoms with Gasteiger partial charge in [-0.05, 0) is 6.42 Å². The average Bonchev–Trinajstić information content (AvgIpc) is 2.26. The van der Waals surface area contributed by atoms with Crippen molar-refractivity contribution >= 4 is 12.1 Å². The highest BCUT2D eigenvalue weighted by Gasteiger charge is 1.96. The van der Waals surface area contributed by atoms with Crippen LogP contribution in [0.3, 0.4) is 0 Å². The molecule has 0 aliphatic heterocycles. The Morgan fingerprint density at radius 2 is 2.19 bits per heavy atom. The van der Waals surface area contributed by atoms with Gasteiger partial charge in [0.2, 0.25) is 5.96 Å². The van der Waals surface area contributed by atoms with Crippen molar-refractivity contribution in [3.8, 4) is 0 Å². The van der Waals surface area contributed by atoms with Crippen molar-refractivity contribution in [1.29, 1.82) is 0 Å². The van der Waals surface area contributed by atoms with Gasteiger partial charge in [-0.25, -0.2) is 10.6 Å². The molecule has 0 aliphatic rings. The second-order valence-electron chi connectivity index (χ2n) is 2.82. The van der Waals surface area contributed by atoms with E-state index in [1.54, 1.807) is 7.11 Å². The Balaban J connectivity index is 3.60. The third-order valence-electron chi connectivity index (χ3n) is 1.55. The zero-order chi connectivity index (χ0) is 12.2. The lowest BCUT2D eigenvalue weighted by Crippen LogP contribution is -2.43. The summed E-state index contributed by atoms with van der Waals surface area (Å²) in [5, 5.41) is 2.84. The predicted octanol–water partition coefficient (Wildman–Crippen LogP) is -1.47. The molecule has 0 rings (SSSR count). The van der Waals surface area contributed by atoms with Crippen LogP contribution in [0, 0.1) is 0 Å². The maximum Gasteiger partial charge on any atom is 0.404 e. The Kier molecular flexibility index (Phi) is 9.03. The number of nitrogens with one attached hydrogen (secondary N) is 2. The standard InChI is InChI=1S/C8H19N5O3/c1-15-5-2-3-11-8(13-10)12-4-6-16-7(9)14/h2-6,10H2,1H3,(H2,9,14)(H2,11,12,13). The minimum Gasteiger partial charge on any atom is -0.448 e. The topological polar surface area (TPSA) is 124 Å². The molecule has 0 bridgehead atoms. The van der Waals surface area contributed by atoms with Crippen molar-refractivity contribution in [2.24, 2.45) is 16.6 Å². The number of hydrogen-bond donors (Lipinski definition) is 4. The first-order chi connectivity index (χ1) is 7.70. The van der Waals surface area contributed by atoms with E-state index in [1.807, 2.05) is 0 Å². The Morgan fingerprint density at radius 3 is 2.75 bits per heavy atom. The third kappa shape index (κ3) is 9.03. The smallest absolute Gasteiger partial charge is 0.404 e. The van der Waals surface area contributed by atoms with Crippen LogP contribution in [0.1, 0.15) is 6.42 Å². The molecule has 0 atom stereocenters. The Bertz CT molecular complexity index is 222. The molecule has 8 nitrogen and oxygen atoms in total. The SMILES string of the molecule is COCCCN=C(NN)NCCOC(N)=O. The summed E-state index contributed by atoms with van der Waals surface area (Å²) < 4.78 is 9.38. The number of rotatable bonds is 7. The molecule has 8 heteroatoms. The number of carbonyl (C=O) groups excluding carboxylic acids is 1. The molecule has 0 saturated carbocycles. The molecule has 6 N–H and O–H groups in total. The zero-order valence-corrected chi connectivity index (χ0v) is 9.36. The van der Waals surface area contributed by atoms with Crippen molar-refractivity contribution in [2.75, 3.05) is 33.4 Å². The van der Waals surface area contributed by atoms with Crippen LogP contribution in [0.25, 0.3) is 0 Å². The summed E-state index contributed by atoms with van der Waals surface area (Å²) in [6.45, 7) is 1.79. The van der Waals surface area contributed by atoms with Crippen LogP contribution in [-0.4, -0.2) is 45.5 Å². The summed E-state index contributed by atoms with van der Waals surface area (Å²) in [5.74, 6) is 5.66. The lowest BCUT2D eigenvalue weighted by molar-refractivity contribution is 0.159. The van der Waals surface area contributed by atoms with E-state index in [1.165, 1.54) is 0 Å². The fraction of sp³-hybridized carbons (Fsp3) is 0.750. The fourth-order valence-electron chi connectivity index (χ4n) is 0.873. The summed E-state index contributed by atoms with van der Waals surface area (Å²) in [4.78, 5) is 14.4. The number of nitrogens with zero attached hydrogens (tertiary/aromatic N) is 1. The predicted molar refractivity (Wildman–Crippen MR) is 59.7 cm³/mol. The van der Waals surface area contributed by atoms with E-state index in [9.17, 15) is 4.79 Å². The summed E-state index contributed by atoms with van der Waals surface area (Å²) in [5.41, 5.74) is 7.18. The summed E-state index contributed by atoms with van der Waals surface area (Å²) in [7, 11) is 1.63. The van der Waals surface area contributed by atoms with Gasteiger partial charge in [-0.3, -0.25) is 10.4 Å². The van der Waals surface area contributed by atoms with E-state index in [0.717, 1.165) is 6.42 Å². The number of guanidine groups is 1. The molecule has 1 amide bonds. The second kappa shape index (κ2) is 9.99. The van der Waals surface area contributed by atoms with Gasteiger partial charge in [-0.15, -0.1) is 0 Å². The molecule has 0 saturated heterocycles. The number of methoxy groups -OCH3 is 1. The molecule has 0 fully saturated rings. The van der Waals surface area contributed by atoms with Crippen molar-refractivity contribution in [2.45, 2.75) is 6.42 Å². The molecule has 0 aromatic heterocycles. The lowest BCUT2D eigenvalue weighted by Gasteiger charge is -2.08. The monoisotopic (exact) mass is 233 g/mol. The minimum atomic E-state index is -0.805. The van der Waals surface area contributed by atoms with Crippen LogP contribution in [0.15, 0.2) is 4.99 Å². The number of ether oxygens (including phenoxy) is 2. The van der Waals surface area contributed by atoms with E-state index in [0.29, 0.717) is 25.7 Å². The van der Waals surface area contributed by atoms with Gasteiger partial charge < -0.3 is 20.5 Å². The summed E-state index contributed by atoms with van der Waals surface area (Å²) in [6.07, 6.45) is 0.00215. The van der Waals surface area contributed by atoms with Gasteiger partial charge in [0.15, 0.2) is 0 Å². The fourth-order valence-corrected chi connectivity index (χ4v) is 0.873. The largest absolute Gasteiger partial charge is 0.448 e. The number of amides is 1.